The minimum absolute atomic E-state index is 0.00986. The van der Waals surface area contributed by atoms with E-state index in [4.69, 9.17) is 10.5 Å². The summed E-state index contributed by atoms with van der Waals surface area (Å²) in [6.07, 6.45) is 4.13. The number of nitrogens with zero attached hydrogens (tertiary/aromatic N) is 2. The number of fused-ring (bicyclic) bond motifs is 1. The Morgan fingerprint density at radius 3 is 2.28 bits per heavy atom. The number of aliphatic imine (C=N–C) groups is 2. The number of nitrogen functional groups attached to an aromatic ring is 1. The highest BCUT2D eigenvalue weighted by Crippen LogP contribution is 2.34. The van der Waals surface area contributed by atoms with Gasteiger partial charge in [0.1, 0.15) is 11.7 Å². The van der Waals surface area contributed by atoms with Gasteiger partial charge >= 0.3 is 0 Å². The van der Waals surface area contributed by atoms with Crippen molar-refractivity contribution < 1.29 is 9.59 Å². The minimum Gasteiger partial charge on any atom is -0.390 e. The maximum Gasteiger partial charge on any atom is 0.204 e. The molecule has 5 rings (SSSR count). The van der Waals surface area contributed by atoms with E-state index in [1.807, 2.05) is 41.8 Å². The van der Waals surface area contributed by atoms with Gasteiger partial charge in [0.25, 0.3) is 0 Å². The van der Waals surface area contributed by atoms with Crippen LogP contribution in [-0.4, -0.2) is 29.6 Å². The summed E-state index contributed by atoms with van der Waals surface area (Å²) >= 11 is 3.15. The number of carbonyl (C=O) groups is 2. The number of amides is 1. The Morgan fingerprint density at radius 1 is 1.00 bits per heavy atom. The topological polar surface area (TPSA) is 111 Å². The maximum atomic E-state index is 11.9. The SMILES string of the molecule is C1=CC2C(c3ccccc3)=NC=NC2S1.NC=O.Nc1sccc1C(=O)c1ccccc1. The van der Waals surface area contributed by atoms with E-state index in [1.165, 1.54) is 16.9 Å². The van der Waals surface area contributed by atoms with Crippen molar-refractivity contribution in [2.24, 2.45) is 21.6 Å². The number of thioether (sulfide) groups is 1. The van der Waals surface area contributed by atoms with Crippen LogP contribution in [0.3, 0.4) is 0 Å². The molecular formula is C24H22N4O2S2. The molecule has 4 N–H and O–H groups in total. The average Bonchev–Trinajstić information content (AvgIpc) is 3.49. The third kappa shape index (κ3) is 5.81. The summed E-state index contributed by atoms with van der Waals surface area (Å²) < 4.78 is 0. The molecule has 0 saturated heterocycles. The summed E-state index contributed by atoms with van der Waals surface area (Å²) in [5, 5.41) is 4.83. The normalized spacial score (nSPS) is 17.7. The van der Waals surface area contributed by atoms with Gasteiger partial charge in [0.15, 0.2) is 5.78 Å². The second kappa shape index (κ2) is 11.8. The zero-order chi connectivity index (χ0) is 22.8. The maximum absolute atomic E-state index is 11.9. The number of carbonyl (C=O) groups excluding carboxylic acids is 2. The molecule has 2 aromatic carbocycles. The molecule has 1 aromatic heterocycles. The Kier molecular flexibility index (Phi) is 8.53. The van der Waals surface area contributed by atoms with Crippen LogP contribution in [0, 0.1) is 5.92 Å². The molecule has 0 saturated carbocycles. The van der Waals surface area contributed by atoms with Gasteiger partial charge in [-0.05, 0) is 22.4 Å². The number of rotatable bonds is 3. The van der Waals surface area contributed by atoms with Crippen molar-refractivity contribution in [2.75, 3.05) is 5.73 Å². The van der Waals surface area contributed by atoms with Gasteiger partial charge in [-0.3, -0.25) is 14.6 Å². The van der Waals surface area contributed by atoms with Crippen molar-refractivity contribution in [3.8, 4) is 0 Å². The van der Waals surface area contributed by atoms with Gasteiger partial charge in [-0.2, -0.15) is 0 Å². The van der Waals surface area contributed by atoms with Crippen LogP contribution in [-0.2, 0) is 4.79 Å². The summed E-state index contributed by atoms with van der Waals surface area (Å²) in [5.74, 6) is 0.340. The minimum atomic E-state index is -0.00986. The lowest BCUT2D eigenvalue weighted by molar-refractivity contribution is -0.106. The van der Waals surface area contributed by atoms with E-state index in [1.54, 1.807) is 36.3 Å². The van der Waals surface area contributed by atoms with Crippen molar-refractivity contribution in [2.45, 2.75) is 5.37 Å². The largest absolute Gasteiger partial charge is 0.390 e. The van der Waals surface area contributed by atoms with Crippen LogP contribution in [0.5, 0.6) is 0 Å². The average molecular weight is 463 g/mol. The Hall–Kier alpha value is -3.49. The van der Waals surface area contributed by atoms with Crippen LogP contribution < -0.4 is 11.5 Å². The lowest BCUT2D eigenvalue weighted by Crippen LogP contribution is -2.24. The first-order valence-electron chi connectivity index (χ1n) is 9.70. The Balaban J connectivity index is 0.000000162. The number of nitrogens with two attached hydrogens (primary N) is 2. The van der Waals surface area contributed by atoms with Crippen LogP contribution >= 0.6 is 23.1 Å². The third-order valence-electron chi connectivity index (χ3n) is 4.58. The molecule has 0 bridgehead atoms. The second-order valence-electron chi connectivity index (χ2n) is 6.56. The highest BCUT2D eigenvalue weighted by Gasteiger charge is 2.29. The standard InChI is InChI=1S/C12H10N2S.C11H9NOS.CH3NO/c1-2-4-9(5-3-1)11-10-6-7-15-12(10)14-8-13-11;12-11-9(6-7-14-11)10(13)8-4-2-1-3-5-8;2-1-3/h1-8,10,12H;1-7H,12H2;1H,(H2,2,3). The quantitative estimate of drug-likeness (QED) is 0.444. The lowest BCUT2D eigenvalue weighted by atomic mass is 9.96. The van der Waals surface area contributed by atoms with E-state index < -0.39 is 0 Å². The molecule has 8 heteroatoms. The fourth-order valence-corrected chi connectivity index (χ4v) is 4.69. The second-order valence-corrected chi connectivity index (χ2v) is 8.53. The van der Waals surface area contributed by atoms with Gasteiger partial charge in [0.2, 0.25) is 6.41 Å². The molecule has 2 atom stereocenters. The van der Waals surface area contributed by atoms with Crippen LogP contribution in [0.1, 0.15) is 21.5 Å². The van der Waals surface area contributed by atoms with Crippen molar-refractivity contribution in [3.63, 3.8) is 0 Å². The van der Waals surface area contributed by atoms with E-state index in [9.17, 15) is 4.79 Å². The van der Waals surface area contributed by atoms with Gasteiger partial charge in [-0.1, -0.05) is 66.7 Å². The Morgan fingerprint density at radius 2 is 1.66 bits per heavy atom. The first kappa shape index (κ1) is 23.2. The van der Waals surface area contributed by atoms with Gasteiger partial charge in [0, 0.05) is 5.56 Å². The van der Waals surface area contributed by atoms with E-state index in [0.717, 1.165) is 5.71 Å². The number of thiophene rings is 1. The Bertz CT molecular complexity index is 1130. The third-order valence-corrected chi connectivity index (χ3v) is 6.34. The molecule has 3 heterocycles. The van der Waals surface area contributed by atoms with Crippen molar-refractivity contribution in [3.05, 3.63) is 100 Å². The van der Waals surface area contributed by atoms with Crippen molar-refractivity contribution >= 4 is 52.3 Å². The van der Waals surface area contributed by atoms with Crippen LogP contribution in [0.4, 0.5) is 5.00 Å². The smallest absolute Gasteiger partial charge is 0.204 e. The molecule has 2 unspecified atom stereocenters. The molecule has 6 nitrogen and oxygen atoms in total. The molecular weight excluding hydrogens is 440 g/mol. The van der Waals surface area contributed by atoms with Gasteiger partial charge in [0.05, 0.1) is 22.2 Å². The molecule has 2 aliphatic heterocycles. The number of anilines is 1. The summed E-state index contributed by atoms with van der Waals surface area (Å²) in [6.45, 7) is 0. The van der Waals surface area contributed by atoms with E-state index in [0.29, 0.717) is 27.4 Å². The zero-order valence-corrected chi connectivity index (χ0v) is 18.7. The molecule has 0 radical (unpaired) electrons. The number of ketones is 1. The predicted octanol–water partition coefficient (Wildman–Crippen LogP) is 4.38. The van der Waals surface area contributed by atoms with Gasteiger partial charge in [-0.25, -0.2) is 4.99 Å². The first-order chi connectivity index (χ1) is 15.7. The van der Waals surface area contributed by atoms with Crippen LogP contribution in [0.15, 0.2) is 93.6 Å². The zero-order valence-electron chi connectivity index (χ0n) is 17.1. The first-order valence-corrected chi connectivity index (χ1v) is 11.5. The highest BCUT2D eigenvalue weighted by molar-refractivity contribution is 8.03. The van der Waals surface area contributed by atoms with Crippen molar-refractivity contribution in [1.29, 1.82) is 0 Å². The number of primary amides is 1. The summed E-state index contributed by atoms with van der Waals surface area (Å²) in [4.78, 5) is 29.2. The summed E-state index contributed by atoms with van der Waals surface area (Å²) in [6, 6.07) is 21.2. The Labute approximate surface area is 194 Å². The fourth-order valence-electron chi connectivity index (χ4n) is 3.12. The fraction of sp³-hybridized carbons (Fsp3) is 0.0833. The molecule has 0 aliphatic carbocycles. The van der Waals surface area contributed by atoms with Gasteiger partial charge < -0.3 is 11.5 Å². The van der Waals surface area contributed by atoms with Crippen LogP contribution in [0.2, 0.25) is 0 Å². The molecule has 0 fully saturated rings. The summed E-state index contributed by atoms with van der Waals surface area (Å²) in [7, 11) is 0. The van der Waals surface area contributed by atoms with Crippen LogP contribution in [0.25, 0.3) is 0 Å². The van der Waals surface area contributed by atoms with E-state index in [-0.39, 0.29) is 12.2 Å². The molecule has 2 aliphatic rings. The molecule has 32 heavy (non-hydrogen) atoms. The monoisotopic (exact) mass is 462 g/mol. The summed E-state index contributed by atoms with van der Waals surface area (Å²) in [5.41, 5.74) is 13.5. The number of benzene rings is 2. The van der Waals surface area contributed by atoms with Gasteiger partial charge in [-0.15, -0.1) is 23.1 Å². The molecule has 3 aromatic rings. The highest BCUT2D eigenvalue weighted by atomic mass is 32.2. The molecule has 0 spiro atoms. The molecule has 1 amide bonds. The lowest BCUT2D eigenvalue weighted by Gasteiger charge is -2.19. The number of hydrogen-bond acceptors (Lipinski definition) is 7. The van der Waals surface area contributed by atoms with Crippen molar-refractivity contribution in [1.82, 2.24) is 0 Å². The van der Waals surface area contributed by atoms with E-state index >= 15 is 0 Å². The van der Waals surface area contributed by atoms with E-state index in [2.05, 4.69) is 39.3 Å². The molecule has 162 valence electrons. The predicted molar refractivity (Wildman–Crippen MR) is 134 cm³/mol. The number of hydrogen-bond donors (Lipinski definition) is 2.